The number of halogens is 1. The first-order valence-corrected chi connectivity index (χ1v) is 9.53. The van der Waals surface area contributed by atoms with Crippen molar-refractivity contribution >= 4 is 31.7 Å². The predicted molar refractivity (Wildman–Crippen MR) is 74.9 cm³/mol. The van der Waals surface area contributed by atoms with E-state index in [1.54, 1.807) is 0 Å². The van der Waals surface area contributed by atoms with E-state index in [-0.39, 0.29) is 23.8 Å². The van der Waals surface area contributed by atoms with E-state index in [0.717, 1.165) is 6.26 Å². The van der Waals surface area contributed by atoms with Crippen LogP contribution < -0.4 is 4.90 Å². The summed E-state index contributed by atoms with van der Waals surface area (Å²) in [6.45, 7) is 0.0974. The Hall–Kier alpha value is -1.48. The van der Waals surface area contributed by atoms with Crippen molar-refractivity contribution in [1.29, 1.82) is 0 Å². The van der Waals surface area contributed by atoms with E-state index in [9.17, 15) is 25.5 Å². The first-order chi connectivity index (χ1) is 9.56. The maximum atomic E-state index is 12.7. The average molecular weight is 335 g/mol. The zero-order chi connectivity index (χ0) is 15.8. The molecule has 1 aromatic carbocycles. The molecule has 116 valence electrons. The Kier molecular flexibility index (Phi) is 4.07. The van der Waals surface area contributed by atoms with Crippen molar-refractivity contribution in [2.75, 3.05) is 23.5 Å². The first-order valence-electron chi connectivity index (χ1n) is 6.09. The Bertz CT molecular complexity index is 755. The van der Waals surface area contributed by atoms with Crippen molar-refractivity contribution in [2.45, 2.75) is 11.3 Å². The van der Waals surface area contributed by atoms with E-state index in [4.69, 9.17) is 0 Å². The summed E-state index contributed by atoms with van der Waals surface area (Å²) in [5, 5.41) is 0. The number of anilines is 1. The topological polar surface area (TPSA) is 88.6 Å². The van der Waals surface area contributed by atoms with Crippen LogP contribution in [0.2, 0.25) is 0 Å². The number of amides is 1. The second kappa shape index (κ2) is 5.38. The molecule has 9 heteroatoms. The Labute approximate surface area is 122 Å². The van der Waals surface area contributed by atoms with E-state index in [1.165, 1.54) is 29.2 Å². The summed E-state index contributed by atoms with van der Waals surface area (Å²) >= 11 is 0. The summed E-state index contributed by atoms with van der Waals surface area (Å²) < 4.78 is 56.6. The molecular formula is C12H14FNO5S2. The minimum Gasteiger partial charge on any atom is -0.312 e. The van der Waals surface area contributed by atoms with Crippen LogP contribution in [-0.2, 0) is 24.9 Å². The molecule has 0 spiro atoms. The van der Waals surface area contributed by atoms with Gasteiger partial charge in [0, 0.05) is 30.8 Å². The Morgan fingerprint density at radius 3 is 2.24 bits per heavy atom. The molecule has 0 N–H and O–H groups in total. The maximum absolute atomic E-state index is 12.7. The molecule has 2 rings (SSSR count). The monoisotopic (exact) mass is 335 g/mol. The number of sulfone groups is 1. The lowest BCUT2D eigenvalue weighted by Crippen LogP contribution is -2.25. The second-order valence-corrected chi connectivity index (χ2v) is 8.47. The van der Waals surface area contributed by atoms with Gasteiger partial charge in [0.25, 0.3) is 0 Å². The number of nitrogens with zero attached hydrogens (tertiary/aromatic N) is 1. The van der Waals surface area contributed by atoms with Gasteiger partial charge in [0.15, 0.2) is 9.84 Å². The van der Waals surface area contributed by atoms with Gasteiger partial charge in [-0.1, -0.05) is 0 Å². The lowest BCUT2D eigenvalue weighted by molar-refractivity contribution is -0.117. The lowest BCUT2D eigenvalue weighted by Gasteiger charge is -2.16. The molecule has 1 aromatic rings. The second-order valence-electron chi connectivity index (χ2n) is 5.05. The summed E-state index contributed by atoms with van der Waals surface area (Å²) in [6.07, 6.45) is 1.03. The molecular weight excluding hydrogens is 321 g/mol. The highest BCUT2D eigenvalue weighted by atomic mass is 32.3. The van der Waals surface area contributed by atoms with Gasteiger partial charge in [-0.05, 0) is 24.3 Å². The molecule has 6 nitrogen and oxygen atoms in total. The minimum absolute atomic E-state index is 0.0447. The summed E-state index contributed by atoms with van der Waals surface area (Å²) in [5.41, 5.74) is 0.464. The molecule has 1 aliphatic rings. The smallest absolute Gasteiger partial charge is 0.302 e. The van der Waals surface area contributed by atoms with Crippen LogP contribution in [0.15, 0.2) is 29.2 Å². The lowest BCUT2D eigenvalue weighted by atomic mass is 10.1. The van der Waals surface area contributed by atoms with Gasteiger partial charge in [0.05, 0.1) is 10.6 Å². The maximum Gasteiger partial charge on any atom is 0.302 e. The molecule has 1 fully saturated rings. The van der Waals surface area contributed by atoms with E-state index in [1.807, 2.05) is 0 Å². The van der Waals surface area contributed by atoms with Crippen LogP contribution in [0.3, 0.4) is 0 Å². The molecule has 0 aliphatic carbocycles. The third-order valence-electron chi connectivity index (χ3n) is 3.22. The van der Waals surface area contributed by atoms with Gasteiger partial charge in [0.1, 0.15) is 0 Å². The Morgan fingerprint density at radius 1 is 1.19 bits per heavy atom. The SMILES string of the molecule is CS(=O)(=O)c1ccc(N2CC(CS(=O)(=O)F)CC2=O)cc1. The van der Waals surface area contributed by atoms with Crippen molar-refractivity contribution in [2.24, 2.45) is 5.92 Å². The van der Waals surface area contributed by atoms with Gasteiger partial charge in [-0.3, -0.25) is 4.79 Å². The van der Waals surface area contributed by atoms with Crippen LogP contribution in [0.5, 0.6) is 0 Å². The van der Waals surface area contributed by atoms with E-state index >= 15 is 0 Å². The standard InChI is InChI=1S/C12H14FNO5S2/c1-20(16,17)11-4-2-10(3-5-11)14-7-9(6-12(14)15)8-21(13,18)19/h2-5,9H,6-8H2,1H3. The van der Waals surface area contributed by atoms with Crippen LogP contribution in [0, 0.1) is 5.92 Å². The van der Waals surface area contributed by atoms with Crippen molar-refractivity contribution in [1.82, 2.24) is 0 Å². The molecule has 1 unspecified atom stereocenters. The Morgan fingerprint density at radius 2 is 1.76 bits per heavy atom. The van der Waals surface area contributed by atoms with Crippen LogP contribution >= 0.6 is 0 Å². The number of carbonyl (C=O) groups excluding carboxylic acids is 1. The minimum atomic E-state index is -4.62. The number of hydrogen-bond donors (Lipinski definition) is 0. The molecule has 1 heterocycles. The highest BCUT2D eigenvalue weighted by molar-refractivity contribution is 7.90. The Balaban J connectivity index is 2.18. The van der Waals surface area contributed by atoms with E-state index in [0.29, 0.717) is 5.69 Å². The van der Waals surface area contributed by atoms with Gasteiger partial charge >= 0.3 is 10.2 Å². The summed E-state index contributed by atoms with van der Waals surface area (Å²) in [7, 11) is -7.94. The molecule has 1 aliphatic heterocycles. The van der Waals surface area contributed by atoms with Crippen molar-refractivity contribution in [3.63, 3.8) is 0 Å². The number of hydrogen-bond acceptors (Lipinski definition) is 5. The third-order valence-corrected chi connectivity index (χ3v) is 5.21. The predicted octanol–water partition coefficient (Wildman–Crippen LogP) is 0.742. The van der Waals surface area contributed by atoms with Gasteiger partial charge in [-0.15, -0.1) is 3.89 Å². The van der Waals surface area contributed by atoms with Crippen LogP contribution in [0.25, 0.3) is 0 Å². The summed E-state index contributed by atoms with van der Waals surface area (Å²) in [5.74, 6) is -1.59. The molecule has 1 atom stereocenters. The normalized spacial score (nSPS) is 20.0. The van der Waals surface area contributed by atoms with Gasteiger partial charge in [-0.25, -0.2) is 8.42 Å². The fourth-order valence-electron chi connectivity index (χ4n) is 2.30. The van der Waals surface area contributed by atoms with E-state index in [2.05, 4.69) is 0 Å². The molecule has 0 saturated carbocycles. The fourth-order valence-corrected chi connectivity index (χ4v) is 3.71. The van der Waals surface area contributed by atoms with Crippen molar-refractivity contribution in [3.05, 3.63) is 24.3 Å². The number of benzene rings is 1. The van der Waals surface area contributed by atoms with Crippen LogP contribution in [0.4, 0.5) is 9.57 Å². The first kappa shape index (κ1) is 15.9. The zero-order valence-corrected chi connectivity index (χ0v) is 12.8. The fraction of sp³-hybridized carbons (Fsp3) is 0.417. The number of rotatable bonds is 4. The summed E-state index contributed by atoms with van der Waals surface area (Å²) in [4.78, 5) is 13.3. The highest BCUT2D eigenvalue weighted by Crippen LogP contribution is 2.27. The molecule has 0 aromatic heterocycles. The van der Waals surface area contributed by atoms with Gasteiger partial charge in [0.2, 0.25) is 5.91 Å². The molecule has 1 amide bonds. The summed E-state index contributed by atoms with van der Waals surface area (Å²) in [6, 6.07) is 5.69. The van der Waals surface area contributed by atoms with Crippen LogP contribution in [-0.4, -0.2) is 41.3 Å². The quantitative estimate of drug-likeness (QED) is 0.757. The van der Waals surface area contributed by atoms with Crippen molar-refractivity contribution < 1.29 is 25.5 Å². The molecule has 0 bridgehead atoms. The van der Waals surface area contributed by atoms with Gasteiger partial charge < -0.3 is 4.90 Å². The third kappa shape index (κ3) is 4.01. The highest BCUT2D eigenvalue weighted by Gasteiger charge is 2.33. The van der Waals surface area contributed by atoms with Gasteiger partial charge in [-0.2, -0.15) is 8.42 Å². The zero-order valence-electron chi connectivity index (χ0n) is 11.2. The average Bonchev–Trinajstić information content (AvgIpc) is 2.66. The van der Waals surface area contributed by atoms with Crippen LogP contribution in [0.1, 0.15) is 6.42 Å². The largest absolute Gasteiger partial charge is 0.312 e. The number of carbonyl (C=O) groups is 1. The molecule has 1 saturated heterocycles. The van der Waals surface area contributed by atoms with E-state index < -0.39 is 31.7 Å². The molecule has 21 heavy (non-hydrogen) atoms. The molecule has 0 radical (unpaired) electrons. The van der Waals surface area contributed by atoms with Crippen molar-refractivity contribution in [3.8, 4) is 0 Å².